The summed E-state index contributed by atoms with van der Waals surface area (Å²) in [6.45, 7) is 2.92. The zero-order valence-electron chi connectivity index (χ0n) is 12.5. The zero-order chi connectivity index (χ0) is 15.9. The fourth-order valence-electron chi connectivity index (χ4n) is 2.41. The Morgan fingerprint density at radius 2 is 2.27 bits per heavy atom. The highest BCUT2D eigenvalue weighted by atomic mass is 16.5. The predicted molar refractivity (Wildman–Crippen MR) is 76.5 cm³/mol. The van der Waals surface area contributed by atoms with E-state index in [-0.39, 0.29) is 25.0 Å². The Morgan fingerprint density at radius 3 is 2.95 bits per heavy atom. The maximum absolute atomic E-state index is 12.1. The van der Waals surface area contributed by atoms with E-state index in [0.717, 1.165) is 0 Å². The average molecular weight is 308 g/mol. The molecule has 1 fully saturated rings. The van der Waals surface area contributed by atoms with E-state index in [0.29, 0.717) is 31.8 Å². The first-order valence-corrected chi connectivity index (χ1v) is 7.38. The number of carbonyl (C=O) groups excluding carboxylic acids is 3. The molecule has 0 aliphatic carbocycles. The second-order valence-corrected chi connectivity index (χ2v) is 5.10. The van der Waals surface area contributed by atoms with E-state index in [2.05, 4.69) is 5.32 Å². The minimum atomic E-state index is -0.694. The molecule has 120 valence electrons. The van der Waals surface area contributed by atoms with Crippen molar-refractivity contribution in [3.8, 4) is 0 Å². The van der Waals surface area contributed by atoms with Gasteiger partial charge in [-0.05, 0) is 31.9 Å². The van der Waals surface area contributed by atoms with Gasteiger partial charge in [0.1, 0.15) is 5.76 Å². The van der Waals surface area contributed by atoms with Crippen LogP contribution in [0.25, 0.3) is 0 Å². The third-order valence-electron chi connectivity index (χ3n) is 3.53. The van der Waals surface area contributed by atoms with Gasteiger partial charge in [0.15, 0.2) is 0 Å². The summed E-state index contributed by atoms with van der Waals surface area (Å²) >= 11 is 0. The van der Waals surface area contributed by atoms with Crippen LogP contribution in [0.4, 0.5) is 0 Å². The van der Waals surface area contributed by atoms with Crippen molar-refractivity contribution in [1.29, 1.82) is 0 Å². The third kappa shape index (κ3) is 4.09. The molecule has 1 aromatic rings. The van der Waals surface area contributed by atoms with Crippen molar-refractivity contribution in [3.05, 3.63) is 24.2 Å². The highest BCUT2D eigenvalue weighted by Crippen LogP contribution is 2.18. The van der Waals surface area contributed by atoms with E-state index < -0.39 is 11.8 Å². The highest BCUT2D eigenvalue weighted by molar-refractivity contribution is 6.35. The number of carbonyl (C=O) groups is 3. The molecule has 1 unspecified atom stereocenters. The number of amides is 2. The number of piperidine rings is 1. The standard InChI is InChI=1S/C15H20N2O5/c1-2-21-15(20)11-5-3-7-17(10-11)14(19)13(18)16-9-12-6-4-8-22-12/h4,6,8,11H,2-3,5,7,9-10H2,1H3,(H,16,18). The van der Waals surface area contributed by atoms with Crippen molar-refractivity contribution < 1.29 is 23.5 Å². The van der Waals surface area contributed by atoms with E-state index >= 15 is 0 Å². The van der Waals surface area contributed by atoms with Crippen LogP contribution < -0.4 is 5.32 Å². The number of hydrogen-bond acceptors (Lipinski definition) is 5. The van der Waals surface area contributed by atoms with Gasteiger partial charge in [-0.3, -0.25) is 14.4 Å². The van der Waals surface area contributed by atoms with Crippen LogP contribution in [0.15, 0.2) is 22.8 Å². The lowest BCUT2D eigenvalue weighted by atomic mass is 9.98. The van der Waals surface area contributed by atoms with E-state index in [4.69, 9.17) is 9.15 Å². The zero-order valence-corrected chi connectivity index (χ0v) is 12.5. The van der Waals surface area contributed by atoms with Crippen molar-refractivity contribution in [1.82, 2.24) is 10.2 Å². The second kappa shape index (κ2) is 7.63. The lowest BCUT2D eigenvalue weighted by molar-refractivity contribution is -0.154. The fourth-order valence-corrected chi connectivity index (χ4v) is 2.41. The van der Waals surface area contributed by atoms with Crippen molar-refractivity contribution >= 4 is 17.8 Å². The SMILES string of the molecule is CCOC(=O)C1CCCN(C(=O)C(=O)NCc2ccco2)C1. The van der Waals surface area contributed by atoms with Gasteiger partial charge in [-0.2, -0.15) is 0 Å². The predicted octanol–water partition coefficient (Wildman–Crippen LogP) is 0.697. The van der Waals surface area contributed by atoms with E-state index in [1.165, 1.54) is 11.2 Å². The topological polar surface area (TPSA) is 88.8 Å². The molecule has 0 saturated carbocycles. The van der Waals surface area contributed by atoms with Gasteiger partial charge in [0, 0.05) is 13.1 Å². The average Bonchev–Trinajstić information content (AvgIpc) is 3.05. The molecule has 22 heavy (non-hydrogen) atoms. The Bertz CT molecular complexity index is 526. The maximum Gasteiger partial charge on any atom is 0.311 e. The van der Waals surface area contributed by atoms with E-state index in [9.17, 15) is 14.4 Å². The lowest BCUT2D eigenvalue weighted by Gasteiger charge is -2.30. The largest absolute Gasteiger partial charge is 0.467 e. The van der Waals surface area contributed by atoms with Gasteiger partial charge in [-0.25, -0.2) is 0 Å². The normalized spacial score (nSPS) is 17.9. The molecule has 1 aliphatic rings. The van der Waals surface area contributed by atoms with Crippen LogP contribution >= 0.6 is 0 Å². The number of hydrogen-bond donors (Lipinski definition) is 1. The molecular weight excluding hydrogens is 288 g/mol. The number of rotatable bonds is 4. The molecule has 1 aliphatic heterocycles. The summed E-state index contributed by atoms with van der Waals surface area (Å²) in [5, 5.41) is 2.51. The van der Waals surface area contributed by atoms with Crippen molar-refractivity contribution in [2.45, 2.75) is 26.3 Å². The van der Waals surface area contributed by atoms with Crippen LogP contribution in [0.3, 0.4) is 0 Å². The minimum Gasteiger partial charge on any atom is -0.467 e. The lowest BCUT2D eigenvalue weighted by Crippen LogP contribution is -2.48. The number of nitrogens with one attached hydrogen (secondary N) is 1. The first-order valence-electron chi connectivity index (χ1n) is 7.38. The Labute approximate surface area is 128 Å². The molecule has 1 saturated heterocycles. The van der Waals surface area contributed by atoms with E-state index in [1.807, 2.05) is 0 Å². The second-order valence-electron chi connectivity index (χ2n) is 5.10. The number of likely N-dealkylation sites (tertiary alicyclic amines) is 1. The number of nitrogens with zero attached hydrogens (tertiary/aromatic N) is 1. The van der Waals surface area contributed by atoms with Crippen molar-refractivity contribution in [3.63, 3.8) is 0 Å². The monoisotopic (exact) mass is 308 g/mol. The Hall–Kier alpha value is -2.31. The van der Waals surface area contributed by atoms with Gasteiger partial charge in [0.25, 0.3) is 0 Å². The smallest absolute Gasteiger partial charge is 0.311 e. The molecule has 0 radical (unpaired) electrons. The Morgan fingerprint density at radius 1 is 1.45 bits per heavy atom. The van der Waals surface area contributed by atoms with Crippen LogP contribution in [0.1, 0.15) is 25.5 Å². The molecule has 0 bridgehead atoms. The Balaban J connectivity index is 1.85. The summed E-state index contributed by atoms with van der Waals surface area (Å²) in [5.41, 5.74) is 0. The highest BCUT2D eigenvalue weighted by Gasteiger charge is 2.31. The summed E-state index contributed by atoms with van der Waals surface area (Å²) in [6, 6.07) is 3.42. The van der Waals surface area contributed by atoms with Gasteiger partial charge in [-0.15, -0.1) is 0 Å². The van der Waals surface area contributed by atoms with Gasteiger partial charge in [0.2, 0.25) is 0 Å². The quantitative estimate of drug-likeness (QED) is 0.653. The molecule has 2 amide bonds. The summed E-state index contributed by atoms with van der Waals surface area (Å²) in [6.07, 6.45) is 2.86. The van der Waals surface area contributed by atoms with Crippen LogP contribution in [-0.4, -0.2) is 42.4 Å². The summed E-state index contributed by atoms with van der Waals surface area (Å²) in [5.74, 6) is -1.41. The van der Waals surface area contributed by atoms with Crippen LogP contribution in [0.2, 0.25) is 0 Å². The third-order valence-corrected chi connectivity index (χ3v) is 3.53. The van der Waals surface area contributed by atoms with Crippen LogP contribution in [-0.2, 0) is 25.7 Å². The number of ether oxygens (including phenoxy) is 1. The van der Waals surface area contributed by atoms with Gasteiger partial charge >= 0.3 is 17.8 Å². The number of esters is 1. The molecule has 1 atom stereocenters. The molecule has 1 N–H and O–H groups in total. The van der Waals surface area contributed by atoms with Crippen molar-refractivity contribution in [2.75, 3.05) is 19.7 Å². The molecule has 2 heterocycles. The summed E-state index contributed by atoms with van der Waals surface area (Å²) < 4.78 is 10.1. The summed E-state index contributed by atoms with van der Waals surface area (Å²) in [4.78, 5) is 37.1. The molecule has 1 aromatic heterocycles. The van der Waals surface area contributed by atoms with E-state index in [1.54, 1.807) is 19.1 Å². The maximum atomic E-state index is 12.1. The first kappa shape index (κ1) is 16.1. The van der Waals surface area contributed by atoms with Gasteiger partial charge in [-0.1, -0.05) is 0 Å². The fraction of sp³-hybridized carbons (Fsp3) is 0.533. The molecule has 2 rings (SSSR count). The molecule has 0 aromatic carbocycles. The molecular formula is C15H20N2O5. The van der Waals surface area contributed by atoms with Crippen molar-refractivity contribution in [2.24, 2.45) is 5.92 Å². The first-order chi connectivity index (χ1) is 10.6. The Kier molecular flexibility index (Phi) is 5.57. The van der Waals surface area contributed by atoms with Gasteiger partial charge < -0.3 is 19.4 Å². The summed E-state index contributed by atoms with van der Waals surface area (Å²) in [7, 11) is 0. The van der Waals surface area contributed by atoms with Crippen LogP contribution in [0.5, 0.6) is 0 Å². The molecule has 7 heteroatoms. The van der Waals surface area contributed by atoms with Gasteiger partial charge in [0.05, 0.1) is 25.3 Å². The molecule has 7 nitrogen and oxygen atoms in total. The number of furan rings is 1. The minimum absolute atomic E-state index is 0.159. The molecule has 0 spiro atoms. The van der Waals surface area contributed by atoms with Crippen LogP contribution in [0, 0.1) is 5.92 Å².